The van der Waals surface area contributed by atoms with Gasteiger partial charge in [0.05, 0.1) is 5.56 Å². The van der Waals surface area contributed by atoms with E-state index in [1.807, 2.05) is 31.2 Å². The number of carboxylic acids is 1. The first kappa shape index (κ1) is 12.7. The first-order valence-electron chi connectivity index (χ1n) is 6.01. The normalized spacial score (nSPS) is 10.8. The van der Waals surface area contributed by atoms with Crippen LogP contribution in [0.3, 0.4) is 0 Å². The molecule has 1 heterocycles. The highest BCUT2D eigenvalue weighted by molar-refractivity contribution is 7.99. The van der Waals surface area contributed by atoms with Gasteiger partial charge < -0.3 is 9.52 Å². The number of hydrogen-bond donors (Lipinski definition) is 1. The third-order valence-corrected chi connectivity index (χ3v) is 3.93. The van der Waals surface area contributed by atoms with Crippen molar-refractivity contribution >= 4 is 28.8 Å². The van der Waals surface area contributed by atoms with Gasteiger partial charge in [-0.15, -0.1) is 0 Å². The van der Waals surface area contributed by atoms with Crippen molar-refractivity contribution in [3.05, 3.63) is 53.6 Å². The van der Waals surface area contributed by atoms with E-state index in [9.17, 15) is 4.79 Å². The molecule has 0 saturated heterocycles. The monoisotopic (exact) mass is 285 g/mol. The fraction of sp³-hybridized carbons (Fsp3) is 0.0667. The van der Waals surface area contributed by atoms with Gasteiger partial charge in [-0.1, -0.05) is 18.2 Å². The van der Waals surface area contributed by atoms with Gasteiger partial charge in [-0.05, 0) is 48.5 Å². The maximum Gasteiger partial charge on any atom is 0.335 e. The number of aryl methyl sites for hydroxylation is 1. The Hall–Kier alpha value is -2.27. The summed E-state index contributed by atoms with van der Waals surface area (Å²) < 4.78 is 5.61. The van der Waals surface area contributed by atoms with E-state index in [-0.39, 0.29) is 5.56 Å². The molecular formula is C15H11NO3S. The molecule has 3 rings (SSSR count). The van der Waals surface area contributed by atoms with Crippen molar-refractivity contribution in [2.75, 3.05) is 0 Å². The van der Waals surface area contributed by atoms with Gasteiger partial charge in [0.25, 0.3) is 5.22 Å². The molecular weight excluding hydrogens is 274 g/mol. The maximum absolute atomic E-state index is 10.9. The molecule has 0 saturated carbocycles. The van der Waals surface area contributed by atoms with Crippen molar-refractivity contribution in [3.8, 4) is 0 Å². The summed E-state index contributed by atoms with van der Waals surface area (Å²) in [5, 5.41) is 9.47. The van der Waals surface area contributed by atoms with Crippen molar-refractivity contribution < 1.29 is 14.3 Å². The fourth-order valence-corrected chi connectivity index (χ4v) is 2.68. The predicted molar refractivity (Wildman–Crippen MR) is 76.3 cm³/mol. The number of carbonyl (C=O) groups is 1. The van der Waals surface area contributed by atoms with E-state index in [0.29, 0.717) is 16.3 Å². The molecule has 5 heteroatoms. The number of rotatable bonds is 3. The average Bonchev–Trinajstić information content (AvgIpc) is 2.82. The van der Waals surface area contributed by atoms with Crippen LogP contribution in [0, 0.1) is 6.92 Å². The Balaban J connectivity index is 1.97. The zero-order valence-electron chi connectivity index (χ0n) is 10.7. The molecule has 0 fully saturated rings. The average molecular weight is 285 g/mol. The van der Waals surface area contributed by atoms with Crippen LogP contribution in [0.1, 0.15) is 15.9 Å². The van der Waals surface area contributed by atoms with E-state index in [2.05, 4.69) is 4.98 Å². The summed E-state index contributed by atoms with van der Waals surface area (Å²) in [4.78, 5) is 16.3. The minimum atomic E-state index is -0.976. The molecule has 0 bridgehead atoms. The zero-order valence-corrected chi connectivity index (χ0v) is 11.5. The lowest BCUT2D eigenvalue weighted by Gasteiger charge is -2.00. The van der Waals surface area contributed by atoms with Gasteiger partial charge in [-0.3, -0.25) is 0 Å². The van der Waals surface area contributed by atoms with Gasteiger partial charge >= 0.3 is 5.97 Å². The third kappa shape index (κ3) is 2.40. The van der Waals surface area contributed by atoms with Crippen molar-refractivity contribution in [3.63, 3.8) is 0 Å². The largest absolute Gasteiger partial charge is 0.478 e. The highest BCUT2D eigenvalue weighted by Crippen LogP contribution is 2.31. The van der Waals surface area contributed by atoms with Crippen molar-refractivity contribution in [1.29, 1.82) is 0 Å². The molecule has 4 nitrogen and oxygen atoms in total. The van der Waals surface area contributed by atoms with Crippen LogP contribution >= 0.6 is 11.8 Å². The molecule has 0 aliphatic carbocycles. The molecule has 0 unspecified atom stereocenters. The highest BCUT2D eigenvalue weighted by atomic mass is 32.2. The Morgan fingerprint density at radius 1 is 1.25 bits per heavy atom. The molecule has 2 aromatic carbocycles. The standard InChI is InChI=1S/C15H11NO3S/c1-9-4-2-3-5-13(9)20-15-16-11-7-6-10(14(17)18)8-12(11)19-15/h2-8H,1H3,(H,17,18). The molecule has 0 atom stereocenters. The first-order chi connectivity index (χ1) is 9.63. The molecule has 0 radical (unpaired) electrons. The minimum Gasteiger partial charge on any atom is -0.478 e. The Kier molecular flexibility index (Phi) is 3.20. The van der Waals surface area contributed by atoms with E-state index in [0.717, 1.165) is 10.5 Å². The smallest absolute Gasteiger partial charge is 0.335 e. The van der Waals surface area contributed by atoms with Gasteiger partial charge in [0.2, 0.25) is 0 Å². The van der Waals surface area contributed by atoms with Crippen LogP contribution < -0.4 is 0 Å². The molecule has 0 spiro atoms. The Morgan fingerprint density at radius 3 is 2.80 bits per heavy atom. The van der Waals surface area contributed by atoms with E-state index >= 15 is 0 Å². The summed E-state index contributed by atoms with van der Waals surface area (Å²) in [5.74, 6) is -0.976. The lowest BCUT2D eigenvalue weighted by Crippen LogP contribution is -1.94. The van der Waals surface area contributed by atoms with Crippen molar-refractivity contribution in [1.82, 2.24) is 4.98 Å². The van der Waals surface area contributed by atoms with Gasteiger partial charge in [0.1, 0.15) is 5.52 Å². The van der Waals surface area contributed by atoms with Crippen molar-refractivity contribution in [2.24, 2.45) is 0 Å². The fourth-order valence-electron chi connectivity index (χ4n) is 1.85. The highest BCUT2D eigenvalue weighted by Gasteiger charge is 2.11. The SMILES string of the molecule is Cc1ccccc1Sc1nc2ccc(C(=O)O)cc2o1. The number of carboxylic acid groups (broad SMARTS) is 1. The summed E-state index contributed by atoms with van der Waals surface area (Å²) in [6, 6.07) is 12.6. The number of benzene rings is 2. The minimum absolute atomic E-state index is 0.195. The second kappa shape index (κ2) is 5.02. The van der Waals surface area contributed by atoms with E-state index in [1.165, 1.54) is 23.9 Å². The summed E-state index contributed by atoms with van der Waals surface area (Å²) in [7, 11) is 0. The predicted octanol–water partition coefficient (Wildman–Crippen LogP) is 3.99. The maximum atomic E-state index is 10.9. The topological polar surface area (TPSA) is 63.3 Å². The van der Waals surface area contributed by atoms with Gasteiger partial charge in [0, 0.05) is 4.90 Å². The molecule has 0 amide bonds. The second-order valence-corrected chi connectivity index (χ2v) is 5.33. The first-order valence-corrected chi connectivity index (χ1v) is 6.82. The number of oxazole rings is 1. The summed E-state index contributed by atoms with van der Waals surface area (Å²) in [5.41, 5.74) is 2.49. The van der Waals surface area contributed by atoms with Crippen LogP contribution in [-0.2, 0) is 0 Å². The van der Waals surface area contributed by atoms with E-state index < -0.39 is 5.97 Å². The van der Waals surface area contributed by atoms with Gasteiger partial charge in [-0.25, -0.2) is 9.78 Å². The summed E-state index contributed by atoms with van der Waals surface area (Å²) in [6.07, 6.45) is 0. The number of aromatic carboxylic acids is 1. The van der Waals surface area contributed by atoms with Crippen LogP contribution in [0.5, 0.6) is 0 Å². The van der Waals surface area contributed by atoms with Gasteiger partial charge in [-0.2, -0.15) is 0 Å². The Morgan fingerprint density at radius 2 is 2.05 bits per heavy atom. The lowest BCUT2D eigenvalue weighted by atomic mass is 10.2. The molecule has 0 aliphatic rings. The molecule has 100 valence electrons. The van der Waals surface area contributed by atoms with Crippen LogP contribution in [0.4, 0.5) is 0 Å². The van der Waals surface area contributed by atoms with Crippen LogP contribution in [0.25, 0.3) is 11.1 Å². The molecule has 3 aromatic rings. The molecule has 1 aromatic heterocycles. The molecule has 1 N–H and O–H groups in total. The number of fused-ring (bicyclic) bond motifs is 1. The summed E-state index contributed by atoms with van der Waals surface area (Å²) >= 11 is 1.43. The van der Waals surface area contributed by atoms with Crippen LogP contribution in [0.2, 0.25) is 0 Å². The second-order valence-electron chi connectivity index (χ2n) is 4.33. The summed E-state index contributed by atoms with van der Waals surface area (Å²) in [6.45, 7) is 2.02. The van der Waals surface area contributed by atoms with Gasteiger partial charge in [0.15, 0.2) is 5.58 Å². The van der Waals surface area contributed by atoms with Crippen LogP contribution in [-0.4, -0.2) is 16.1 Å². The number of hydrogen-bond acceptors (Lipinski definition) is 4. The number of aromatic nitrogens is 1. The van der Waals surface area contributed by atoms with Crippen molar-refractivity contribution in [2.45, 2.75) is 17.0 Å². The third-order valence-electron chi connectivity index (χ3n) is 2.91. The van der Waals surface area contributed by atoms with Crippen LogP contribution in [0.15, 0.2) is 57.0 Å². The quantitative estimate of drug-likeness (QED) is 0.788. The lowest BCUT2D eigenvalue weighted by molar-refractivity contribution is 0.0697. The van der Waals surface area contributed by atoms with E-state index in [1.54, 1.807) is 6.07 Å². The number of nitrogens with zero attached hydrogens (tertiary/aromatic N) is 1. The Bertz CT molecular complexity index is 795. The Labute approximate surface area is 119 Å². The van der Waals surface area contributed by atoms with E-state index in [4.69, 9.17) is 9.52 Å². The molecule has 0 aliphatic heterocycles. The zero-order chi connectivity index (χ0) is 14.1. The molecule has 20 heavy (non-hydrogen) atoms.